The van der Waals surface area contributed by atoms with E-state index < -0.39 is 0 Å². The van der Waals surface area contributed by atoms with Gasteiger partial charge in [-0.1, -0.05) is 115 Å². The smallest absolute Gasteiger partial charge is 0.164 e. The number of carbonyl (C=O) groups is 1. The van der Waals surface area contributed by atoms with Gasteiger partial charge in [0.1, 0.15) is 17.7 Å². The first-order valence-electron chi connectivity index (χ1n) is 17.4. The van der Waals surface area contributed by atoms with Gasteiger partial charge in [0, 0.05) is 53.5 Å². The van der Waals surface area contributed by atoms with E-state index in [1.54, 1.807) is 6.33 Å². The van der Waals surface area contributed by atoms with Crippen LogP contribution >= 0.6 is 0 Å². The van der Waals surface area contributed by atoms with Crippen LogP contribution in [0.25, 0.3) is 54.9 Å². The van der Waals surface area contributed by atoms with Crippen molar-refractivity contribution in [1.82, 2.24) is 9.97 Å². The summed E-state index contributed by atoms with van der Waals surface area (Å²) >= 11 is 0. The van der Waals surface area contributed by atoms with E-state index >= 15 is 0 Å². The van der Waals surface area contributed by atoms with E-state index in [0.717, 1.165) is 76.2 Å². The fourth-order valence-electron chi connectivity index (χ4n) is 6.33. The number of benzene rings is 4. The predicted molar refractivity (Wildman–Crippen MR) is 200 cm³/mol. The van der Waals surface area contributed by atoms with E-state index in [9.17, 15) is 9.90 Å². The van der Waals surface area contributed by atoms with Gasteiger partial charge >= 0.3 is 0 Å². The Balaban J connectivity index is 0.000000260. The molecule has 4 aromatic carbocycles. The van der Waals surface area contributed by atoms with Crippen molar-refractivity contribution in [3.8, 4) is 11.3 Å². The number of aromatic nitrogens is 2. The van der Waals surface area contributed by atoms with E-state index in [0.29, 0.717) is 5.92 Å². The van der Waals surface area contributed by atoms with Gasteiger partial charge in [-0.3, -0.25) is 9.78 Å². The molecule has 2 aromatic heterocycles. The molecule has 0 atom stereocenters. The van der Waals surface area contributed by atoms with Crippen LogP contribution in [0.4, 0.5) is 0 Å². The quantitative estimate of drug-likeness (QED) is 0.0644. The van der Waals surface area contributed by atoms with E-state index in [-0.39, 0.29) is 42.5 Å². The molecule has 259 valence electrons. The van der Waals surface area contributed by atoms with Crippen molar-refractivity contribution in [2.24, 2.45) is 16.7 Å². The largest absolute Gasteiger partial charge is 0.512 e. The summed E-state index contributed by atoms with van der Waals surface area (Å²) in [5, 5.41) is 15.8. The number of aliphatic hydroxyl groups excluding tert-OH is 1. The van der Waals surface area contributed by atoms with Crippen LogP contribution in [0.5, 0.6) is 0 Å². The van der Waals surface area contributed by atoms with Gasteiger partial charge < -0.3 is 9.52 Å². The summed E-state index contributed by atoms with van der Waals surface area (Å²) < 4.78 is 6.26. The SMILES string of the molecule is CC(C)Cc1cccc2ccc3c(-c4[c-]ccc5c4oc4ccccc45)ncnc3c12.CCC(C)(CC)C(=O)/C=C(\O)C(C)(CC)CC.[Ir]. The van der Waals surface area contributed by atoms with Crippen molar-refractivity contribution in [1.29, 1.82) is 0 Å². The fraction of sp³-hybridized carbons (Fsp3) is 0.372. The average molecular weight is 834 g/mol. The summed E-state index contributed by atoms with van der Waals surface area (Å²) in [6.07, 6.45) is 7.43. The number of aliphatic hydroxyl groups is 1. The third kappa shape index (κ3) is 7.51. The monoisotopic (exact) mass is 834 g/mol. The van der Waals surface area contributed by atoms with Crippen LogP contribution in [-0.2, 0) is 31.3 Å². The van der Waals surface area contributed by atoms with Crippen molar-refractivity contribution in [2.45, 2.75) is 87.5 Å². The number of rotatable bonds is 10. The zero-order valence-corrected chi connectivity index (χ0v) is 32.5. The first kappa shape index (κ1) is 37.9. The Morgan fingerprint density at radius 1 is 0.857 bits per heavy atom. The first-order chi connectivity index (χ1) is 23.0. The fourth-order valence-corrected chi connectivity index (χ4v) is 6.33. The van der Waals surface area contributed by atoms with Gasteiger partial charge in [0.2, 0.25) is 0 Å². The molecule has 0 bridgehead atoms. The molecule has 2 heterocycles. The molecule has 6 rings (SSSR count). The Hall–Kier alpha value is -3.86. The minimum atomic E-state index is -0.337. The Morgan fingerprint density at radius 3 is 2.22 bits per heavy atom. The third-order valence-electron chi connectivity index (χ3n) is 10.5. The summed E-state index contributed by atoms with van der Waals surface area (Å²) in [6.45, 7) is 16.6. The number of ketones is 1. The molecule has 6 aromatic rings. The molecule has 5 nitrogen and oxygen atoms in total. The molecule has 6 heteroatoms. The molecular formula is C43H49IrN2O3-. The summed E-state index contributed by atoms with van der Waals surface area (Å²) in [5.74, 6) is 0.855. The van der Waals surface area contributed by atoms with Gasteiger partial charge in [0.15, 0.2) is 5.78 Å². The molecule has 0 aliphatic carbocycles. The zero-order chi connectivity index (χ0) is 34.6. The molecule has 0 saturated heterocycles. The molecule has 49 heavy (non-hydrogen) atoms. The average Bonchev–Trinajstić information content (AvgIpc) is 3.49. The molecule has 0 fully saturated rings. The van der Waals surface area contributed by atoms with Gasteiger partial charge in [-0.2, -0.15) is 0 Å². The number of carbonyl (C=O) groups excluding carboxylic acids is 1. The van der Waals surface area contributed by atoms with E-state index in [2.05, 4.69) is 62.4 Å². The Kier molecular flexibility index (Phi) is 12.2. The van der Waals surface area contributed by atoms with Crippen LogP contribution in [0.2, 0.25) is 0 Å². The van der Waals surface area contributed by atoms with E-state index in [1.807, 2.05) is 65.8 Å². The van der Waals surface area contributed by atoms with E-state index in [1.165, 1.54) is 22.4 Å². The van der Waals surface area contributed by atoms with Gasteiger partial charge in [0.25, 0.3) is 0 Å². The van der Waals surface area contributed by atoms with Crippen molar-refractivity contribution in [3.05, 3.63) is 96.5 Å². The van der Waals surface area contributed by atoms with Crippen LogP contribution in [0, 0.1) is 22.8 Å². The molecule has 0 amide bonds. The second kappa shape index (κ2) is 15.8. The van der Waals surface area contributed by atoms with Crippen molar-refractivity contribution in [3.63, 3.8) is 0 Å². The summed E-state index contributed by atoms with van der Waals surface area (Å²) in [7, 11) is 0. The van der Waals surface area contributed by atoms with Gasteiger partial charge in [-0.15, -0.1) is 18.2 Å². The number of hydrogen-bond donors (Lipinski definition) is 1. The van der Waals surface area contributed by atoms with Crippen LogP contribution in [0.3, 0.4) is 0 Å². The number of hydrogen-bond acceptors (Lipinski definition) is 5. The zero-order valence-electron chi connectivity index (χ0n) is 30.1. The van der Waals surface area contributed by atoms with Gasteiger partial charge in [0.05, 0.1) is 11.1 Å². The second-order valence-electron chi connectivity index (χ2n) is 13.9. The maximum atomic E-state index is 12.2. The number of para-hydroxylation sites is 1. The molecule has 0 saturated carbocycles. The molecule has 0 spiro atoms. The number of furan rings is 1. The minimum absolute atomic E-state index is 0. The van der Waals surface area contributed by atoms with Crippen molar-refractivity contribution < 1.29 is 34.4 Å². The van der Waals surface area contributed by atoms with Crippen molar-refractivity contribution >= 4 is 49.4 Å². The molecule has 1 N–H and O–H groups in total. The molecule has 1 radical (unpaired) electrons. The van der Waals surface area contributed by atoms with Crippen molar-refractivity contribution in [2.75, 3.05) is 0 Å². The normalized spacial score (nSPS) is 12.4. The summed E-state index contributed by atoms with van der Waals surface area (Å²) in [5.41, 5.74) is 5.14. The third-order valence-corrected chi connectivity index (χ3v) is 10.5. The maximum Gasteiger partial charge on any atom is 0.164 e. The van der Waals surface area contributed by atoms with Gasteiger partial charge in [-0.05, 0) is 60.4 Å². The Morgan fingerprint density at radius 2 is 1.55 bits per heavy atom. The molecule has 0 aliphatic heterocycles. The minimum Gasteiger partial charge on any atom is -0.512 e. The molecule has 0 aliphatic rings. The molecular weight excluding hydrogens is 785 g/mol. The summed E-state index contributed by atoms with van der Waals surface area (Å²) in [6, 6.07) is 26.4. The van der Waals surface area contributed by atoms with Crippen LogP contribution < -0.4 is 0 Å². The summed E-state index contributed by atoms with van der Waals surface area (Å²) in [4.78, 5) is 21.6. The maximum absolute atomic E-state index is 12.2. The number of nitrogens with zero attached hydrogens (tertiary/aromatic N) is 2. The Bertz CT molecular complexity index is 2100. The number of allylic oxidation sites excluding steroid dienone is 2. The van der Waals surface area contributed by atoms with Crippen LogP contribution in [0.15, 0.2) is 89.3 Å². The van der Waals surface area contributed by atoms with Gasteiger partial charge in [-0.25, -0.2) is 4.98 Å². The van der Waals surface area contributed by atoms with Crippen LogP contribution in [-0.4, -0.2) is 20.9 Å². The standard InChI is InChI=1S/C28H21N2O.C15H28O2.Ir/c1-17(2)15-19-8-5-7-18-13-14-22-26(29-16-30-27(22)25(18)19)23-11-6-10-21-20-9-3-4-12-24(20)31-28(21)23;1-7-14(5,8-2)12(16)11-13(17)15(6,9-3)10-4;/h3-10,12-14,16-17H,15H2,1-2H3;11,16H,7-10H2,1-6H3;/q-1;;/b;12-11-;. The predicted octanol–water partition coefficient (Wildman–Crippen LogP) is 12.0. The molecule has 0 unspecified atom stereocenters. The second-order valence-corrected chi connectivity index (χ2v) is 13.9. The van der Waals surface area contributed by atoms with E-state index in [4.69, 9.17) is 14.4 Å². The topological polar surface area (TPSA) is 76.2 Å². The van der Waals surface area contributed by atoms with Crippen LogP contribution in [0.1, 0.15) is 86.6 Å². The number of fused-ring (bicyclic) bond motifs is 6. The first-order valence-corrected chi connectivity index (χ1v) is 17.4. The Labute approximate surface area is 304 Å².